The van der Waals surface area contributed by atoms with Gasteiger partial charge < -0.3 is 5.11 Å². The Balaban J connectivity index is 2.89. The Morgan fingerprint density at radius 1 is 1.50 bits per heavy atom. The van der Waals surface area contributed by atoms with E-state index in [4.69, 9.17) is 0 Å². The molecule has 68 valence electrons. The standard InChI is InChI=1S/C10H16O2/c1-7(11)8-6-10(2,3)5-4-9(8)12/h12H,4-6H2,1-3H3. The summed E-state index contributed by atoms with van der Waals surface area (Å²) >= 11 is 0. The number of aliphatic hydroxyl groups is 1. The summed E-state index contributed by atoms with van der Waals surface area (Å²) in [6.45, 7) is 5.78. The van der Waals surface area contributed by atoms with E-state index in [1.54, 1.807) is 0 Å². The molecule has 2 nitrogen and oxygen atoms in total. The number of hydrogen-bond acceptors (Lipinski definition) is 2. The highest BCUT2D eigenvalue weighted by atomic mass is 16.3. The first-order valence-electron chi connectivity index (χ1n) is 4.34. The maximum Gasteiger partial charge on any atom is 0.159 e. The molecule has 1 rings (SSSR count). The van der Waals surface area contributed by atoms with Gasteiger partial charge in [-0.2, -0.15) is 0 Å². The van der Waals surface area contributed by atoms with Crippen LogP contribution in [0.5, 0.6) is 0 Å². The van der Waals surface area contributed by atoms with Crippen molar-refractivity contribution in [1.29, 1.82) is 0 Å². The van der Waals surface area contributed by atoms with Crippen molar-refractivity contribution in [3.63, 3.8) is 0 Å². The molecule has 0 aromatic heterocycles. The van der Waals surface area contributed by atoms with E-state index in [0.717, 1.165) is 6.42 Å². The summed E-state index contributed by atoms with van der Waals surface area (Å²) in [6, 6.07) is 0. The number of aliphatic hydroxyl groups excluding tert-OH is 1. The lowest BCUT2D eigenvalue weighted by molar-refractivity contribution is -0.114. The molecule has 0 saturated carbocycles. The lowest BCUT2D eigenvalue weighted by Crippen LogP contribution is -2.21. The Kier molecular flexibility index (Phi) is 2.27. The zero-order chi connectivity index (χ0) is 9.35. The quantitative estimate of drug-likeness (QED) is 0.653. The molecular formula is C10H16O2. The van der Waals surface area contributed by atoms with Crippen molar-refractivity contribution in [3.05, 3.63) is 11.3 Å². The van der Waals surface area contributed by atoms with Crippen LogP contribution in [0.3, 0.4) is 0 Å². The third-order valence-corrected chi connectivity index (χ3v) is 2.47. The van der Waals surface area contributed by atoms with Crippen molar-refractivity contribution in [2.75, 3.05) is 0 Å². The molecule has 1 aliphatic rings. The molecule has 0 aliphatic heterocycles. The largest absolute Gasteiger partial charge is 0.512 e. The zero-order valence-corrected chi connectivity index (χ0v) is 7.98. The Bertz CT molecular complexity index is 236. The second kappa shape index (κ2) is 2.92. The van der Waals surface area contributed by atoms with E-state index >= 15 is 0 Å². The zero-order valence-electron chi connectivity index (χ0n) is 7.98. The highest BCUT2D eigenvalue weighted by Crippen LogP contribution is 2.37. The molecule has 0 amide bonds. The van der Waals surface area contributed by atoms with Crippen LogP contribution >= 0.6 is 0 Å². The Labute approximate surface area is 73.3 Å². The molecule has 0 unspecified atom stereocenters. The van der Waals surface area contributed by atoms with Crippen LogP contribution in [0.15, 0.2) is 11.3 Å². The molecule has 0 spiro atoms. The van der Waals surface area contributed by atoms with Gasteiger partial charge in [0, 0.05) is 12.0 Å². The molecular weight excluding hydrogens is 152 g/mol. The van der Waals surface area contributed by atoms with E-state index in [9.17, 15) is 9.90 Å². The summed E-state index contributed by atoms with van der Waals surface area (Å²) in [5.41, 5.74) is 0.805. The van der Waals surface area contributed by atoms with E-state index < -0.39 is 0 Å². The Hall–Kier alpha value is -0.790. The van der Waals surface area contributed by atoms with E-state index in [2.05, 4.69) is 13.8 Å². The van der Waals surface area contributed by atoms with E-state index in [-0.39, 0.29) is 11.2 Å². The van der Waals surface area contributed by atoms with Gasteiger partial charge in [-0.15, -0.1) is 0 Å². The van der Waals surface area contributed by atoms with Crippen molar-refractivity contribution in [2.24, 2.45) is 5.41 Å². The minimum Gasteiger partial charge on any atom is -0.512 e. The van der Waals surface area contributed by atoms with Crippen LogP contribution in [0, 0.1) is 5.41 Å². The highest BCUT2D eigenvalue weighted by molar-refractivity contribution is 5.93. The average molecular weight is 168 g/mol. The second-order valence-corrected chi connectivity index (χ2v) is 4.32. The van der Waals surface area contributed by atoms with Crippen molar-refractivity contribution >= 4 is 5.78 Å². The van der Waals surface area contributed by atoms with Gasteiger partial charge >= 0.3 is 0 Å². The molecule has 0 aromatic carbocycles. The minimum absolute atomic E-state index is 0.0141. The lowest BCUT2D eigenvalue weighted by Gasteiger charge is -2.30. The maximum absolute atomic E-state index is 11.1. The maximum atomic E-state index is 11.1. The van der Waals surface area contributed by atoms with Gasteiger partial charge in [-0.3, -0.25) is 4.79 Å². The average Bonchev–Trinajstić information content (AvgIpc) is 1.94. The minimum atomic E-state index is 0.0141. The van der Waals surface area contributed by atoms with Gasteiger partial charge in [-0.1, -0.05) is 13.8 Å². The number of carbonyl (C=O) groups excluding carboxylic acids is 1. The number of ketones is 1. The van der Waals surface area contributed by atoms with Crippen LogP contribution in [0.2, 0.25) is 0 Å². The smallest absolute Gasteiger partial charge is 0.159 e. The van der Waals surface area contributed by atoms with Crippen LogP contribution in [-0.4, -0.2) is 10.9 Å². The van der Waals surface area contributed by atoms with Gasteiger partial charge in [0.25, 0.3) is 0 Å². The lowest BCUT2D eigenvalue weighted by atomic mass is 9.76. The number of hydrogen-bond donors (Lipinski definition) is 1. The monoisotopic (exact) mass is 168 g/mol. The molecule has 0 aromatic rings. The molecule has 12 heavy (non-hydrogen) atoms. The molecule has 0 heterocycles. The summed E-state index contributed by atoms with van der Waals surface area (Å²) < 4.78 is 0. The third-order valence-electron chi connectivity index (χ3n) is 2.47. The van der Waals surface area contributed by atoms with Crippen molar-refractivity contribution in [2.45, 2.75) is 40.0 Å². The van der Waals surface area contributed by atoms with Crippen LogP contribution in [0.25, 0.3) is 0 Å². The predicted octanol–water partition coefficient (Wildman–Crippen LogP) is 2.60. The summed E-state index contributed by atoms with van der Waals surface area (Å²) in [7, 11) is 0. The fourth-order valence-corrected chi connectivity index (χ4v) is 1.60. The summed E-state index contributed by atoms with van der Waals surface area (Å²) in [5, 5.41) is 9.43. The highest BCUT2D eigenvalue weighted by Gasteiger charge is 2.28. The van der Waals surface area contributed by atoms with Gasteiger partial charge in [-0.05, 0) is 25.2 Å². The second-order valence-electron chi connectivity index (χ2n) is 4.32. The fourth-order valence-electron chi connectivity index (χ4n) is 1.60. The molecule has 0 atom stereocenters. The van der Waals surface area contributed by atoms with Gasteiger partial charge in [0.05, 0.1) is 5.76 Å². The van der Waals surface area contributed by atoms with Crippen molar-refractivity contribution in [1.82, 2.24) is 0 Å². The topological polar surface area (TPSA) is 37.3 Å². The van der Waals surface area contributed by atoms with Gasteiger partial charge in [0.2, 0.25) is 0 Å². The molecule has 0 radical (unpaired) electrons. The molecule has 1 N–H and O–H groups in total. The van der Waals surface area contributed by atoms with Crippen LogP contribution in [0.4, 0.5) is 0 Å². The van der Waals surface area contributed by atoms with Crippen LogP contribution < -0.4 is 0 Å². The third kappa shape index (κ3) is 1.87. The van der Waals surface area contributed by atoms with E-state index in [1.165, 1.54) is 6.92 Å². The number of carbonyl (C=O) groups is 1. The van der Waals surface area contributed by atoms with Crippen LogP contribution in [-0.2, 0) is 4.79 Å². The first-order valence-corrected chi connectivity index (χ1v) is 4.34. The number of allylic oxidation sites excluding steroid dienone is 2. The Morgan fingerprint density at radius 2 is 2.08 bits per heavy atom. The van der Waals surface area contributed by atoms with Crippen LogP contribution in [0.1, 0.15) is 40.0 Å². The predicted molar refractivity (Wildman–Crippen MR) is 48.0 cm³/mol. The summed E-state index contributed by atoms with van der Waals surface area (Å²) in [5.74, 6) is 0.321. The number of rotatable bonds is 1. The molecule has 0 saturated heterocycles. The molecule has 0 bridgehead atoms. The first kappa shape index (κ1) is 9.30. The summed E-state index contributed by atoms with van der Waals surface area (Å²) in [4.78, 5) is 11.1. The first-order chi connectivity index (χ1) is 5.42. The fraction of sp³-hybridized carbons (Fsp3) is 0.700. The van der Waals surface area contributed by atoms with Gasteiger partial charge in [0.1, 0.15) is 0 Å². The molecule has 2 heteroatoms. The van der Waals surface area contributed by atoms with E-state index in [0.29, 0.717) is 24.2 Å². The van der Waals surface area contributed by atoms with Gasteiger partial charge in [0.15, 0.2) is 5.78 Å². The Morgan fingerprint density at radius 3 is 2.50 bits per heavy atom. The van der Waals surface area contributed by atoms with Crippen molar-refractivity contribution in [3.8, 4) is 0 Å². The van der Waals surface area contributed by atoms with Gasteiger partial charge in [-0.25, -0.2) is 0 Å². The SMILES string of the molecule is CC(=O)C1=C(O)CCC(C)(C)C1. The van der Waals surface area contributed by atoms with Crippen molar-refractivity contribution < 1.29 is 9.90 Å². The number of Topliss-reactive ketones (excluding diaryl/α,β-unsaturated/α-hetero) is 1. The summed E-state index contributed by atoms with van der Waals surface area (Å²) in [6.07, 6.45) is 2.34. The van der Waals surface area contributed by atoms with E-state index in [1.807, 2.05) is 0 Å². The molecule has 0 fully saturated rings. The molecule has 1 aliphatic carbocycles. The normalized spacial score (nSPS) is 22.6.